The summed E-state index contributed by atoms with van der Waals surface area (Å²) in [5.41, 5.74) is 4.56. The SMILES string of the molecule is CCN(Nc1ccc(OC)cc1)C(=O)[C@@H]1CCCC[C@@H]1NC(=O)c1ccc(OC)cc1. The van der Waals surface area contributed by atoms with Crippen LogP contribution in [0, 0.1) is 5.92 Å². The smallest absolute Gasteiger partial charge is 0.251 e. The van der Waals surface area contributed by atoms with Gasteiger partial charge in [-0.3, -0.25) is 20.0 Å². The minimum absolute atomic E-state index is 0.00181. The van der Waals surface area contributed by atoms with Crippen LogP contribution >= 0.6 is 0 Å². The van der Waals surface area contributed by atoms with Gasteiger partial charge in [0.05, 0.1) is 25.8 Å². The molecule has 0 heterocycles. The van der Waals surface area contributed by atoms with Crippen molar-refractivity contribution in [2.75, 3.05) is 26.2 Å². The first kappa shape index (κ1) is 22.5. The van der Waals surface area contributed by atoms with Gasteiger partial charge >= 0.3 is 0 Å². The Kier molecular flexibility index (Phi) is 7.76. The predicted octanol–water partition coefficient (Wildman–Crippen LogP) is 3.87. The van der Waals surface area contributed by atoms with E-state index >= 15 is 0 Å². The van der Waals surface area contributed by atoms with Gasteiger partial charge in [-0.15, -0.1) is 0 Å². The second-order valence-corrected chi connectivity index (χ2v) is 7.62. The van der Waals surface area contributed by atoms with Gasteiger partial charge in [0.2, 0.25) is 5.91 Å². The van der Waals surface area contributed by atoms with Crippen LogP contribution in [-0.2, 0) is 4.79 Å². The van der Waals surface area contributed by atoms with E-state index in [1.54, 1.807) is 43.5 Å². The van der Waals surface area contributed by atoms with Crippen LogP contribution in [0.1, 0.15) is 43.0 Å². The standard InChI is InChI=1S/C24H31N3O4/c1-4-27(26-18-11-15-20(31-3)16-12-18)24(29)21-7-5-6-8-22(21)25-23(28)17-9-13-19(30-2)14-10-17/h9-16,21-22,26H,4-8H2,1-3H3,(H,25,28)/t21-,22+/m1/s1. The summed E-state index contributed by atoms with van der Waals surface area (Å²) >= 11 is 0. The van der Waals surface area contributed by atoms with Crippen molar-refractivity contribution in [1.82, 2.24) is 10.3 Å². The molecule has 1 aliphatic rings. The van der Waals surface area contributed by atoms with Gasteiger partial charge in [-0.25, -0.2) is 0 Å². The summed E-state index contributed by atoms with van der Waals surface area (Å²) in [7, 11) is 3.21. The van der Waals surface area contributed by atoms with E-state index in [9.17, 15) is 9.59 Å². The van der Waals surface area contributed by atoms with Crippen molar-refractivity contribution in [3.05, 3.63) is 54.1 Å². The Morgan fingerprint density at radius 1 is 0.935 bits per heavy atom. The number of carbonyl (C=O) groups is 2. The van der Waals surface area contributed by atoms with Crippen molar-refractivity contribution in [2.45, 2.75) is 38.6 Å². The Hall–Kier alpha value is -3.22. The largest absolute Gasteiger partial charge is 0.497 e. The van der Waals surface area contributed by atoms with Gasteiger partial charge in [0.1, 0.15) is 11.5 Å². The molecule has 0 radical (unpaired) electrons. The second-order valence-electron chi connectivity index (χ2n) is 7.62. The molecule has 1 aliphatic carbocycles. The fourth-order valence-corrected chi connectivity index (χ4v) is 3.90. The highest BCUT2D eigenvalue weighted by molar-refractivity contribution is 5.95. The number of carbonyl (C=O) groups excluding carboxylic acids is 2. The molecule has 31 heavy (non-hydrogen) atoms. The molecule has 1 fully saturated rings. The van der Waals surface area contributed by atoms with Gasteiger partial charge < -0.3 is 14.8 Å². The fourth-order valence-electron chi connectivity index (χ4n) is 3.90. The first-order valence-electron chi connectivity index (χ1n) is 10.7. The van der Waals surface area contributed by atoms with Crippen LogP contribution in [0.25, 0.3) is 0 Å². The first-order chi connectivity index (χ1) is 15.0. The Labute approximate surface area is 183 Å². The number of hydrazine groups is 1. The van der Waals surface area contributed by atoms with Crippen molar-refractivity contribution >= 4 is 17.5 Å². The van der Waals surface area contributed by atoms with Crippen LogP contribution in [0.4, 0.5) is 5.69 Å². The number of ether oxygens (including phenoxy) is 2. The molecule has 2 atom stereocenters. The zero-order chi connectivity index (χ0) is 22.2. The average Bonchev–Trinajstić information content (AvgIpc) is 2.82. The predicted molar refractivity (Wildman–Crippen MR) is 120 cm³/mol. The molecule has 0 unspecified atom stereocenters. The van der Waals surface area contributed by atoms with Gasteiger partial charge in [-0.05, 0) is 68.3 Å². The third-order valence-electron chi connectivity index (χ3n) is 5.69. The molecule has 2 aromatic rings. The number of hydrogen-bond acceptors (Lipinski definition) is 5. The maximum absolute atomic E-state index is 13.3. The van der Waals surface area contributed by atoms with E-state index in [2.05, 4.69) is 10.7 Å². The van der Waals surface area contributed by atoms with Crippen molar-refractivity contribution < 1.29 is 19.1 Å². The lowest BCUT2D eigenvalue weighted by molar-refractivity contribution is -0.135. The van der Waals surface area contributed by atoms with E-state index in [4.69, 9.17) is 9.47 Å². The summed E-state index contributed by atoms with van der Waals surface area (Å²) in [5, 5.41) is 4.72. The van der Waals surface area contributed by atoms with Gasteiger partial charge in [-0.1, -0.05) is 12.8 Å². The number of rotatable bonds is 8. The number of methoxy groups -OCH3 is 2. The quantitative estimate of drug-likeness (QED) is 0.628. The van der Waals surface area contributed by atoms with Crippen molar-refractivity contribution in [1.29, 1.82) is 0 Å². The van der Waals surface area contributed by atoms with E-state index in [1.165, 1.54) is 0 Å². The van der Waals surface area contributed by atoms with E-state index in [-0.39, 0.29) is 23.8 Å². The van der Waals surface area contributed by atoms with Crippen LogP contribution in [-0.4, -0.2) is 43.6 Å². The molecule has 2 amide bonds. The summed E-state index contributed by atoms with van der Waals surface area (Å²) in [6.07, 6.45) is 3.52. The molecule has 0 aliphatic heterocycles. The minimum Gasteiger partial charge on any atom is -0.497 e. The molecule has 0 aromatic heterocycles. The number of benzene rings is 2. The number of hydrogen-bond donors (Lipinski definition) is 2. The average molecular weight is 426 g/mol. The molecule has 2 N–H and O–H groups in total. The van der Waals surface area contributed by atoms with E-state index in [0.717, 1.165) is 37.1 Å². The summed E-state index contributed by atoms with van der Waals surface area (Å²) in [6.45, 7) is 2.45. The van der Waals surface area contributed by atoms with Crippen LogP contribution in [0.15, 0.2) is 48.5 Å². The van der Waals surface area contributed by atoms with Crippen LogP contribution in [0.5, 0.6) is 11.5 Å². The summed E-state index contributed by atoms with van der Waals surface area (Å²) in [4.78, 5) is 26.1. The minimum atomic E-state index is -0.262. The van der Waals surface area contributed by atoms with E-state index in [0.29, 0.717) is 17.9 Å². The molecule has 0 spiro atoms. The molecule has 0 saturated heterocycles. The molecule has 2 aromatic carbocycles. The van der Waals surface area contributed by atoms with Gasteiger partial charge in [-0.2, -0.15) is 0 Å². The zero-order valence-corrected chi connectivity index (χ0v) is 18.4. The van der Waals surface area contributed by atoms with Gasteiger partial charge in [0.15, 0.2) is 0 Å². The number of nitrogens with zero attached hydrogens (tertiary/aromatic N) is 1. The summed E-state index contributed by atoms with van der Waals surface area (Å²) in [5.74, 6) is 1.03. The first-order valence-corrected chi connectivity index (χ1v) is 10.7. The Morgan fingerprint density at radius 2 is 1.52 bits per heavy atom. The molecular formula is C24H31N3O4. The molecule has 166 valence electrons. The third-order valence-corrected chi connectivity index (χ3v) is 5.69. The lowest BCUT2D eigenvalue weighted by atomic mass is 9.83. The fraction of sp³-hybridized carbons (Fsp3) is 0.417. The molecule has 0 bridgehead atoms. The van der Waals surface area contributed by atoms with Gasteiger partial charge in [0.25, 0.3) is 5.91 Å². The maximum atomic E-state index is 13.3. The Morgan fingerprint density at radius 3 is 2.10 bits per heavy atom. The highest BCUT2D eigenvalue weighted by atomic mass is 16.5. The Balaban J connectivity index is 1.68. The van der Waals surface area contributed by atoms with Crippen LogP contribution in [0.3, 0.4) is 0 Å². The number of anilines is 1. The topological polar surface area (TPSA) is 79.9 Å². The summed E-state index contributed by atoms with van der Waals surface area (Å²) < 4.78 is 10.3. The second kappa shape index (κ2) is 10.7. The lowest BCUT2D eigenvalue weighted by Crippen LogP contribution is -2.50. The normalized spacial score (nSPS) is 18.0. The number of nitrogens with one attached hydrogen (secondary N) is 2. The van der Waals surface area contributed by atoms with E-state index < -0.39 is 0 Å². The third kappa shape index (κ3) is 5.69. The van der Waals surface area contributed by atoms with Crippen LogP contribution in [0.2, 0.25) is 0 Å². The molecule has 1 saturated carbocycles. The summed E-state index contributed by atoms with van der Waals surface area (Å²) in [6, 6.07) is 14.2. The van der Waals surface area contributed by atoms with Crippen molar-refractivity contribution in [3.63, 3.8) is 0 Å². The Bertz CT molecular complexity index is 867. The van der Waals surface area contributed by atoms with Gasteiger partial charge in [0, 0.05) is 18.2 Å². The van der Waals surface area contributed by atoms with Crippen LogP contribution < -0.4 is 20.2 Å². The molecular weight excluding hydrogens is 394 g/mol. The lowest BCUT2D eigenvalue weighted by Gasteiger charge is -2.35. The highest BCUT2D eigenvalue weighted by Gasteiger charge is 2.34. The van der Waals surface area contributed by atoms with E-state index in [1.807, 2.05) is 31.2 Å². The maximum Gasteiger partial charge on any atom is 0.251 e. The highest BCUT2D eigenvalue weighted by Crippen LogP contribution is 2.27. The zero-order valence-electron chi connectivity index (χ0n) is 18.4. The molecule has 7 heteroatoms. The molecule has 3 rings (SSSR count). The monoisotopic (exact) mass is 425 g/mol. The number of amides is 2. The van der Waals surface area contributed by atoms with Crippen molar-refractivity contribution in [3.8, 4) is 11.5 Å². The van der Waals surface area contributed by atoms with Crippen molar-refractivity contribution in [2.24, 2.45) is 5.92 Å². The molecule has 7 nitrogen and oxygen atoms in total.